The molecular formula is C29H62BrN. The van der Waals surface area contributed by atoms with Gasteiger partial charge in [-0.15, -0.1) is 17.0 Å². The van der Waals surface area contributed by atoms with E-state index in [4.69, 9.17) is 0 Å². The molecular weight excluding hydrogens is 442 g/mol. The van der Waals surface area contributed by atoms with Crippen LogP contribution in [0.4, 0.5) is 0 Å². The van der Waals surface area contributed by atoms with E-state index in [0.717, 1.165) is 0 Å². The van der Waals surface area contributed by atoms with Crippen LogP contribution < -0.4 is 0 Å². The molecule has 0 aliphatic rings. The zero-order chi connectivity index (χ0) is 22.0. The normalized spacial score (nSPS) is 11.2. The summed E-state index contributed by atoms with van der Waals surface area (Å²) in [5, 5.41) is 0. The first-order valence-electron chi connectivity index (χ1n) is 14.5. The van der Waals surface area contributed by atoms with Crippen LogP contribution in [0.15, 0.2) is 0 Å². The molecule has 0 aromatic carbocycles. The summed E-state index contributed by atoms with van der Waals surface area (Å²) in [4.78, 5) is 2.58. The van der Waals surface area contributed by atoms with Crippen LogP contribution in [0.1, 0.15) is 168 Å². The molecule has 190 valence electrons. The number of halogens is 1. The van der Waals surface area contributed by atoms with Crippen molar-refractivity contribution in [2.45, 2.75) is 168 Å². The Labute approximate surface area is 209 Å². The van der Waals surface area contributed by atoms with Crippen molar-refractivity contribution in [2.75, 3.05) is 20.1 Å². The number of nitrogens with zero attached hydrogens (tertiary/aromatic N) is 1. The van der Waals surface area contributed by atoms with E-state index >= 15 is 0 Å². The van der Waals surface area contributed by atoms with Crippen molar-refractivity contribution in [3.63, 3.8) is 0 Å². The molecule has 0 aromatic rings. The van der Waals surface area contributed by atoms with E-state index in [1.54, 1.807) is 0 Å². The molecule has 0 atom stereocenters. The summed E-state index contributed by atoms with van der Waals surface area (Å²) < 4.78 is 0. The summed E-state index contributed by atoms with van der Waals surface area (Å²) in [6.45, 7) is 7.24. The average Bonchev–Trinajstić information content (AvgIpc) is 2.75. The van der Waals surface area contributed by atoms with E-state index < -0.39 is 0 Å². The maximum absolute atomic E-state index is 2.58. The van der Waals surface area contributed by atoms with Crippen LogP contribution in [0, 0.1) is 0 Å². The van der Waals surface area contributed by atoms with Gasteiger partial charge in [-0.05, 0) is 33.0 Å². The average molecular weight is 505 g/mol. The van der Waals surface area contributed by atoms with Crippen LogP contribution in [-0.4, -0.2) is 25.0 Å². The van der Waals surface area contributed by atoms with Crippen LogP contribution in [0.3, 0.4) is 0 Å². The molecule has 0 aromatic heterocycles. The molecule has 0 saturated heterocycles. The van der Waals surface area contributed by atoms with Gasteiger partial charge >= 0.3 is 0 Å². The van der Waals surface area contributed by atoms with Crippen molar-refractivity contribution in [2.24, 2.45) is 0 Å². The molecule has 0 saturated carbocycles. The summed E-state index contributed by atoms with van der Waals surface area (Å²) in [7, 11) is 2.33. The monoisotopic (exact) mass is 503 g/mol. The zero-order valence-electron chi connectivity index (χ0n) is 22.2. The Morgan fingerprint density at radius 1 is 0.323 bits per heavy atom. The third-order valence-corrected chi connectivity index (χ3v) is 6.79. The highest BCUT2D eigenvalue weighted by Gasteiger charge is 1.99. The largest absolute Gasteiger partial charge is 0.306 e. The second-order valence-electron chi connectivity index (χ2n) is 10.1. The van der Waals surface area contributed by atoms with E-state index in [2.05, 4.69) is 25.8 Å². The maximum Gasteiger partial charge on any atom is -0.00218 e. The molecule has 0 unspecified atom stereocenters. The third kappa shape index (κ3) is 30.4. The predicted octanol–water partition coefficient (Wildman–Crippen LogP) is 10.9. The predicted molar refractivity (Wildman–Crippen MR) is 150 cm³/mol. The molecule has 0 bridgehead atoms. The van der Waals surface area contributed by atoms with Crippen molar-refractivity contribution in [1.29, 1.82) is 0 Å². The van der Waals surface area contributed by atoms with Gasteiger partial charge in [0.25, 0.3) is 0 Å². The SMILES string of the molecule is Br.CCCCCCCCCCCCCCN(C)CCCCCCCCCCCCCC. The summed E-state index contributed by atoms with van der Waals surface area (Å²) in [6.07, 6.45) is 34.9. The van der Waals surface area contributed by atoms with Crippen molar-refractivity contribution in [1.82, 2.24) is 4.90 Å². The van der Waals surface area contributed by atoms with Crippen LogP contribution in [0.5, 0.6) is 0 Å². The summed E-state index contributed by atoms with van der Waals surface area (Å²) in [5.74, 6) is 0. The van der Waals surface area contributed by atoms with Gasteiger partial charge in [0, 0.05) is 0 Å². The van der Waals surface area contributed by atoms with Gasteiger partial charge < -0.3 is 4.90 Å². The molecule has 2 heteroatoms. The fourth-order valence-electron chi connectivity index (χ4n) is 4.56. The Morgan fingerprint density at radius 3 is 0.742 bits per heavy atom. The van der Waals surface area contributed by atoms with Gasteiger partial charge in [0.2, 0.25) is 0 Å². The fourth-order valence-corrected chi connectivity index (χ4v) is 4.56. The molecule has 0 heterocycles. The Balaban J connectivity index is 0. The Morgan fingerprint density at radius 2 is 0.516 bits per heavy atom. The van der Waals surface area contributed by atoms with Crippen LogP contribution in [-0.2, 0) is 0 Å². The molecule has 0 amide bonds. The Kier molecular flexibility index (Phi) is 33.0. The van der Waals surface area contributed by atoms with Gasteiger partial charge in [-0.1, -0.05) is 155 Å². The summed E-state index contributed by atoms with van der Waals surface area (Å²) >= 11 is 0. The quantitative estimate of drug-likeness (QED) is 0.106. The van der Waals surface area contributed by atoms with Gasteiger partial charge in [0.1, 0.15) is 0 Å². The number of hydrogen-bond donors (Lipinski definition) is 0. The highest BCUT2D eigenvalue weighted by Crippen LogP contribution is 2.13. The zero-order valence-corrected chi connectivity index (χ0v) is 24.0. The van der Waals surface area contributed by atoms with Gasteiger partial charge in [-0.3, -0.25) is 0 Å². The summed E-state index contributed by atoms with van der Waals surface area (Å²) in [5.41, 5.74) is 0. The highest BCUT2D eigenvalue weighted by molar-refractivity contribution is 8.93. The van der Waals surface area contributed by atoms with Gasteiger partial charge in [0.15, 0.2) is 0 Å². The topological polar surface area (TPSA) is 3.24 Å². The lowest BCUT2D eigenvalue weighted by Gasteiger charge is -2.16. The van der Waals surface area contributed by atoms with Crippen molar-refractivity contribution in [3.8, 4) is 0 Å². The first kappa shape index (κ1) is 33.6. The lowest BCUT2D eigenvalue weighted by molar-refractivity contribution is 0.314. The van der Waals surface area contributed by atoms with Gasteiger partial charge in [-0.25, -0.2) is 0 Å². The van der Waals surface area contributed by atoms with Crippen molar-refractivity contribution >= 4 is 17.0 Å². The minimum Gasteiger partial charge on any atom is -0.306 e. The van der Waals surface area contributed by atoms with E-state index in [0.29, 0.717) is 0 Å². The minimum atomic E-state index is 0. The minimum absolute atomic E-state index is 0. The first-order valence-corrected chi connectivity index (χ1v) is 14.5. The molecule has 31 heavy (non-hydrogen) atoms. The molecule has 0 radical (unpaired) electrons. The molecule has 0 spiro atoms. The van der Waals surface area contributed by atoms with E-state index in [-0.39, 0.29) is 17.0 Å². The molecule has 0 rings (SSSR count). The van der Waals surface area contributed by atoms with Crippen LogP contribution in [0.2, 0.25) is 0 Å². The van der Waals surface area contributed by atoms with Crippen LogP contribution >= 0.6 is 17.0 Å². The van der Waals surface area contributed by atoms with E-state index in [1.807, 2.05) is 0 Å². The van der Waals surface area contributed by atoms with E-state index in [1.165, 1.54) is 167 Å². The van der Waals surface area contributed by atoms with Crippen LogP contribution in [0.25, 0.3) is 0 Å². The lowest BCUT2D eigenvalue weighted by Crippen LogP contribution is -2.20. The summed E-state index contributed by atoms with van der Waals surface area (Å²) in [6, 6.07) is 0. The maximum atomic E-state index is 2.58. The first-order chi connectivity index (χ1) is 14.8. The lowest BCUT2D eigenvalue weighted by atomic mass is 10.0. The number of unbranched alkanes of at least 4 members (excludes halogenated alkanes) is 22. The van der Waals surface area contributed by atoms with Gasteiger partial charge in [-0.2, -0.15) is 0 Å². The number of rotatable bonds is 26. The van der Waals surface area contributed by atoms with Crippen molar-refractivity contribution < 1.29 is 0 Å². The third-order valence-electron chi connectivity index (χ3n) is 6.79. The Hall–Kier alpha value is 0.440. The molecule has 0 fully saturated rings. The molecule has 0 aliphatic heterocycles. The molecule has 0 N–H and O–H groups in total. The van der Waals surface area contributed by atoms with Crippen molar-refractivity contribution in [3.05, 3.63) is 0 Å². The second-order valence-corrected chi connectivity index (χ2v) is 10.1. The molecule has 0 aliphatic carbocycles. The fraction of sp³-hybridized carbons (Fsp3) is 1.00. The standard InChI is InChI=1S/C29H61N.BrH/c1-4-6-8-10-12-14-16-18-20-22-24-26-28-30(3)29-27-25-23-21-19-17-15-13-11-9-7-5-2;/h4-29H2,1-3H3;1H. The second kappa shape index (κ2) is 30.4. The number of hydrogen-bond acceptors (Lipinski definition) is 1. The smallest absolute Gasteiger partial charge is 0.00218 e. The Bertz CT molecular complexity index is 266. The molecule has 1 nitrogen and oxygen atoms in total. The highest BCUT2D eigenvalue weighted by atomic mass is 79.9. The van der Waals surface area contributed by atoms with E-state index in [9.17, 15) is 0 Å². The van der Waals surface area contributed by atoms with Gasteiger partial charge in [0.05, 0.1) is 0 Å².